The molecule has 0 saturated carbocycles. The Morgan fingerprint density at radius 3 is 2.44 bits per heavy atom. The van der Waals surface area contributed by atoms with Crippen LogP contribution in [0.1, 0.15) is 21.5 Å². The average molecular weight is 476 g/mol. The van der Waals surface area contributed by atoms with Crippen LogP contribution in [0.25, 0.3) is 0 Å². The summed E-state index contributed by atoms with van der Waals surface area (Å²) in [6.45, 7) is 3.50. The molecule has 0 spiro atoms. The molecule has 6 nitrogen and oxygen atoms in total. The fourth-order valence-corrected chi connectivity index (χ4v) is 4.94. The number of aromatic carboxylic acids is 1. The van der Waals surface area contributed by atoms with Crippen LogP contribution in [0.2, 0.25) is 0 Å². The number of carbonyl (C=O) groups is 1. The fraction of sp³-hybridized carbons (Fsp3) is 0.174. The summed E-state index contributed by atoms with van der Waals surface area (Å²) < 4.78 is 46.5. The van der Waals surface area contributed by atoms with E-state index >= 15 is 0 Å². The molecule has 0 saturated heterocycles. The average Bonchev–Trinajstić information content (AvgIpc) is 2.74. The first-order chi connectivity index (χ1) is 15.2. The predicted molar refractivity (Wildman–Crippen MR) is 122 cm³/mol. The van der Waals surface area contributed by atoms with Gasteiger partial charge >= 0.3 is 5.97 Å². The van der Waals surface area contributed by atoms with Crippen molar-refractivity contribution in [1.29, 1.82) is 0 Å². The molecule has 168 valence electrons. The molecule has 0 bridgehead atoms. The van der Waals surface area contributed by atoms with E-state index in [0.717, 1.165) is 4.90 Å². The van der Waals surface area contributed by atoms with Gasteiger partial charge < -0.3 is 9.84 Å². The second kappa shape index (κ2) is 10.2. The maximum absolute atomic E-state index is 13.2. The highest BCUT2D eigenvalue weighted by atomic mass is 32.2. The lowest BCUT2D eigenvalue weighted by Gasteiger charge is -2.11. The van der Waals surface area contributed by atoms with Gasteiger partial charge in [0.15, 0.2) is 0 Å². The standard InChI is InChI=1S/C23H22FNO5S2/c1-15-12-21(14-22(16(15)2)23(26)27)32(28,29)25-10-11-31-20-8-6-18(7-9-20)30-19-5-3-4-17(24)13-19/h3-9,12-14,25H,10-11H2,1-2H3,(H,26,27). The van der Waals surface area contributed by atoms with E-state index in [2.05, 4.69) is 4.72 Å². The molecular weight excluding hydrogens is 453 g/mol. The lowest BCUT2D eigenvalue weighted by atomic mass is 10.0. The number of benzene rings is 3. The van der Waals surface area contributed by atoms with Gasteiger partial charge in [-0.1, -0.05) is 6.07 Å². The molecule has 3 rings (SSSR count). The largest absolute Gasteiger partial charge is 0.478 e. The molecule has 0 aliphatic rings. The zero-order valence-corrected chi connectivity index (χ0v) is 19.1. The molecule has 0 atom stereocenters. The highest BCUT2D eigenvalue weighted by Gasteiger charge is 2.19. The van der Waals surface area contributed by atoms with E-state index in [4.69, 9.17) is 4.74 Å². The number of hydrogen-bond donors (Lipinski definition) is 2. The van der Waals surface area contributed by atoms with E-state index in [1.807, 2.05) is 12.1 Å². The Bertz CT molecular complexity index is 1230. The Kier molecular flexibility index (Phi) is 7.55. The van der Waals surface area contributed by atoms with Crippen molar-refractivity contribution in [2.75, 3.05) is 12.3 Å². The van der Waals surface area contributed by atoms with Gasteiger partial charge in [0.1, 0.15) is 17.3 Å². The summed E-state index contributed by atoms with van der Waals surface area (Å²) in [4.78, 5) is 12.2. The lowest BCUT2D eigenvalue weighted by Crippen LogP contribution is -2.26. The zero-order chi connectivity index (χ0) is 23.3. The number of carboxylic acid groups (broad SMARTS) is 1. The van der Waals surface area contributed by atoms with Crippen LogP contribution >= 0.6 is 11.8 Å². The fourth-order valence-electron chi connectivity index (χ4n) is 2.90. The van der Waals surface area contributed by atoms with Crippen LogP contribution in [-0.4, -0.2) is 31.8 Å². The third kappa shape index (κ3) is 6.09. The van der Waals surface area contributed by atoms with Crippen LogP contribution < -0.4 is 9.46 Å². The SMILES string of the molecule is Cc1cc(S(=O)(=O)NCCSc2ccc(Oc3cccc(F)c3)cc2)cc(C(=O)O)c1C. The van der Waals surface area contributed by atoms with Crippen molar-refractivity contribution in [2.24, 2.45) is 0 Å². The van der Waals surface area contributed by atoms with Crippen LogP contribution in [0.5, 0.6) is 11.5 Å². The van der Waals surface area contributed by atoms with Crippen molar-refractivity contribution in [3.63, 3.8) is 0 Å². The van der Waals surface area contributed by atoms with E-state index < -0.39 is 16.0 Å². The maximum atomic E-state index is 13.2. The summed E-state index contributed by atoms with van der Waals surface area (Å²) in [5.74, 6) is -0.109. The van der Waals surface area contributed by atoms with E-state index in [-0.39, 0.29) is 22.8 Å². The van der Waals surface area contributed by atoms with Gasteiger partial charge in [-0.2, -0.15) is 0 Å². The number of rotatable bonds is 9. The highest BCUT2D eigenvalue weighted by Crippen LogP contribution is 2.26. The molecule has 0 amide bonds. The summed E-state index contributed by atoms with van der Waals surface area (Å²) in [5, 5.41) is 9.29. The monoisotopic (exact) mass is 475 g/mol. The van der Waals surface area contributed by atoms with Crippen molar-refractivity contribution < 1.29 is 27.4 Å². The molecule has 0 aliphatic carbocycles. The number of hydrogen-bond acceptors (Lipinski definition) is 5. The molecule has 3 aromatic carbocycles. The van der Waals surface area contributed by atoms with Crippen LogP contribution in [0, 0.1) is 19.7 Å². The summed E-state index contributed by atoms with van der Waals surface area (Å²) in [6, 6.07) is 15.7. The Morgan fingerprint density at radius 2 is 1.78 bits per heavy atom. The highest BCUT2D eigenvalue weighted by molar-refractivity contribution is 7.99. The van der Waals surface area contributed by atoms with E-state index in [9.17, 15) is 22.7 Å². The van der Waals surface area contributed by atoms with Crippen LogP contribution in [-0.2, 0) is 10.0 Å². The smallest absolute Gasteiger partial charge is 0.336 e. The molecule has 0 aromatic heterocycles. The quantitative estimate of drug-likeness (QED) is 0.334. The van der Waals surface area contributed by atoms with E-state index in [1.165, 1.54) is 36.0 Å². The number of ether oxygens (including phenoxy) is 1. The Balaban J connectivity index is 1.55. The first kappa shape index (κ1) is 23.8. The maximum Gasteiger partial charge on any atom is 0.336 e. The third-order valence-corrected chi connectivity index (χ3v) is 7.15. The summed E-state index contributed by atoms with van der Waals surface area (Å²) in [5.41, 5.74) is 1.11. The second-order valence-electron chi connectivity index (χ2n) is 6.99. The van der Waals surface area contributed by atoms with Crippen molar-refractivity contribution in [3.8, 4) is 11.5 Å². The van der Waals surface area contributed by atoms with Gasteiger partial charge in [0.25, 0.3) is 0 Å². The molecular formula is C23H22FNO5S2. The summed E-state index contributed by atoms with van der Waals surface area (Å²) in [7, 11) is -3.83. The van der Waals surface area contributed by atoms with Crippen molar-refractivity contribution in [1.82, 2.24) is 4.72 Å². The van der Waals surface area contributed by atoms with Crippen molar-refractivity contribution in [2.45, 2.75) is 23.6 Å². The molecule has 0 aliphatic heterocycles. The summed E-state index contributed by atoms with van der Waals surface area (Å²) >= 11 is 1.45. The summed E-state index contributed by atoms with van der Waals surface area (Å²) in [6.07, 6.45) is 0. The molecule has 0 fully saturated rings. The predicted octanol–water partition coefficient (Wildman–Crippen LogP) is 5.00. The zero-order valence-electron chi connectivity index (χ0n) is 17.5. The van der Waals surface area contributed by atoms with Gasteiger partial charge in [-0.25, -0.2) is 22.3 Å². The minimum Gasteiger partial charge on any atom is -0.478 e. The molecule has 0 unspecified atom stereocenters. The van der Waals surface area contributed by atoms with Crippen molar-refractivity contribution >= 4 is 27.8 Å². The Hall–Kier alpha value is -2.88. The number of thioether (sulfide) groups is 1. The first-order valence-electron chi connectivity index (χ1n) is 9.66. The minimum atomic E-state index is -3.83. The Labute approximate surface area is 190 Å². The number of carboxylic acids is 1. The van der Waals surface area contributed by atoms with Gasteiger partial charge in [-0.05, 0) is 73.5 Å². The molecule has 3 aromatic rings. The normalized spacial score (nSPS) is 11.3. The Morgan fingerprint density at radius 1 is 1.06 bits per heavy atom. The molecule has 0 heterocycles. The van der Waals surface area contributed by atoms with Crippen LogP contribution in [0.15, 0.2) is 70.5 Å². The number of aryl methyl sites for hydroxylation is 1. The molecule has 32 heavy (non-hydrogen) atoms. The molecule has 2 N–H and O–H groups in total. The van der Waals surface area contributed by atoms with Gasteiger partial charge in [0.2, 0.25) is 10.0 Å². The minimum absolute atomic E-state index is 0.0275. The third-order valence-electron chi connectivity index (χ3n) is 4.70. The number of halogens is 1. The van der Waals surface area contributed by atoms with Gasteiger partial charge in [-0.15, -0.1) is 11.8 Å². The molecule has 9 heteroatoms. The lowest BCUT2D eigenvalue weighted by molar-refractivity contribution is 0.0695. The van der Waals surface area contributed by atoms with E-state index in [0.29, 0.717) is 28.4 Å². The van der Waals surface area contributed by atoms with Gasteiger partial charge in [0, 0.05) is 23.3 Å². The number of nitrogens with one attached hydrogen (secondary N) is 1. The van der Waals surface area contributed by atoms with E-state index in [1.54, 1.807) is 38.1 Å². The second-order valence-corrected chi connectivity index (χ2v) is 9.93. The topological polar surface area (TPSA) is 92.7 Å². The number of sulfonamides is 1. The first-order valence-corrected chi connectivity index (χ1v) is 12.1. The van der Waals surface area contributed by atoms with Crippen molar-refractivity contribution in [3.05, 3.63) is 83.2 Å². The van der Waals surface area contributed by atoms with Gasteiger partial charge in [0.05, 0.1) is 10.5 Å². The van der Waals surface area contributed by atoms with Crippen LogP contribution in [0.4, 0.5) is 4.39 Å². The van der Waals surface area contributed by atoms with Crippen LogP contribution in [0.3, 0.4) is 0 Å². The molecule has 0 radical (unpaired) electrons. The van der Waals surface area contributed by atoms with Gasteiger partial charge in [-0.3, -0.25) is 0 Å².